The number of aliphatic hydroxyl groups is 1. The number of carbonyl (C=O) groups is 1. The zero-order chi connectivity index (χ0) is 24.7. The standard InChI is InChI=1S/C25H19NO4.C4H10O/c27-21(28)13-19-17-9-12-30-25(17)16-4-2-1-3-15(16)23(19)18-5-6-20-22-14(8-11-29-20)7-10-26-24(18)22;1-4(2,3)5/h1-7,10H,8-9,11-13H2,(H,27,28);5H,1-3H3. The lowest BCUT2D eigenvalue weighted by atomic mass is 9.85. The van der Waals surface area contributed by atoms with Gasteiger partial charge >= 0.3 is 5.97 Å². The summed E-state index contributed by atoms with van der Waals surface area (Å²) in [6.45, 7) is 6.47. The van der Waals surface area contributed by atoms with E-state index in [1.54, 1.807) is 20.8 Å². The third kappa shape index (κ3) is 4.42. The van der Waals surface area contributed by atoms with Gasteiger partial charge in [0.1, 0.15) is 11.5 Å². The molecule has 0 bridgehead atoms. The van der Waals surface area contributed by atoms with Crippen LogP contribution in [0.4, 0.5) is 0 Å². The molecule has 1 aromatic heterocycles. The molecule has 0 saturated heterocycles. The fourth-order valence-electron chi connectivity index (χ4n) is 4.95. The van der Waals surface area contributed by atoms with Crippen molar-refractivity contribution in [3.8, 4) is 22.6 Å². The smallest absolute Gasteiger partial charge is 0.307 e. The highest BCUT2D eigenvalue weighted by molar-refractivity contribution is 6.10. The van der Waals surface area contributed by atoms with Crippen LogP contribution in [0.5, 0.6) is 11.5 Å². The van der Waals surface area contributed by atoms with E-state index in [-0.39, 0.29) is 6.42 Å². The van der Waals surface area contributed by atoms with Crippen LogP contribution in [0, 0.1) is 0 Å². The maximum atomic E-state index is 11.8. The number of hydrogen-bond acceptors (Lipinski definition) is 5. The molecular formula is C29H29NO5. The zero-order valence-corrected chi connectivity index (χ0v) is 20.2. The summed E-state index contributed by atoms with van der Waals surface area (Å²) in [6.07, 6.45) is 3.35. The van der Waals surface area contributed by atoms with Gasteiger partial charge in [0, 0.05) is 40.9 Å². The molecule has 0 radical (unpaired) electrons. The molecule has 2 aliphatic rings. The zero-order valence-electron chi connectivity index (χ0n) is 20.2. The minimum Gasteiger partial charge on any atom is -0.493 e. The molecule has 0 amide bonds. The number of aromatic nitrogens is 1. The summed E-state index contributed by atoms with van der Waals surface area (Å²) in [5.41, 5.74) is 5.30. The number of carboxylic acids is 1. The van der Waals surface area contributed by atoms with Crippen LogP contribution in [0.3, 0.4) is 0 Å². The quantitative estimate of drug-likeness (QED) is 0.420. The van der Waals surface area contributed by atoms with Crippen molar-refractivity contribution in [1.29, 1.82) is 0 Å². The van der Waals surface area contributed by atoms with Gasteiger partial charge in [0.15, 0.2) is 0 Å². The summed E-state index contributed by atoms with van der Waals surface area (Å²) in [7, 11) is 0. The van der Waals surface area contributed by atoms with Gasteiger partial charge in [-0.15, -0.1) is 0 Å². The largest absolute Gasteiger partial charge is 0.493 e. The molecule has 35 heavy (non-hydrogen) atoms. The third-order valence-electron chi connectivity index (χ3n) is 6.15. The van der Waals surface area contributed by atoms with Gasteiger partial charge in [-0.25, -0.2) is 0 Å². The molecule has 2 N–H and O–H groups in total. The molecule has 6 heteroatoms. The fraction of sp³-hybridized carbons (Fsp3) is 0.310. The summed E-state index contributed by atoms with van der Waals surface area (Å²) < 4.78 is 11.8. The lowest BCUT2D eigenvalue weighted by Gasteiger charge is -2.22. The lowest BCUT2D eigenvalue weighted by molar-refractivity contribution is -0.136. The highest BCUT2D eigenvalue weighted by Gasteiger charge is 2.28. The fourth-order valence-corrected chi connectivity index (χ4v) is 4.95. The van der Waals surface area contributed by atoms with Gasteiger partial charge < -0.3 is 19.7 Å². The van der Waals surface area contributed by atoms with Gasteiger partial charge in [0.05, 0.1) is 30.8 Å². The van der Waals surface area contributed by atoms with Crippen LogP contribution in [-0.2, 0) is 24.1 Å². The maximum absolute atomic E-state index is 11.8. The van der Waals surface area contributed by atoms with Gasteiger partial charge in [-0.1, -0.05) is 24.3 Å². The Morgan fingerprint density at radius 2 is 1.71 bits per heavy atom. The molecule has 0 fully saturated rings. The molecule has 3 heterocycles. The van der Waals surface area contributed by atoms with Crippen molar-refractivity contribution < 1.29 is 24.5 Å². The SMILES string of the molecule is CC(C)(C)O.O=C(O)Cc1c2c(c3ccccc3c1-c1ccc3c4c(ccnc14)CCO3)OCC2. The van der Waals surface area contributed by atoms with E-state index in [1.165, 1.54) is 5.56 Å². The first kappa shape index (κ1) is 23.1. The number of hydrogen-bond donors (Lipinski definition) is 2. The predicted octanol–water partition coefficient (Wildman–Crippen LogP) is 5.33. The molecule has 0 spiro atoms. The molecule has 6 rings (SSSR count). The Hall–Kier alpha value is -3.64. The molecule has 3 aromatic carbocycles. The van der Waals surface area contributed by atoms with E-state index >= 15 is 0 Å². The second-order valence-electron chi connectivity index (χ2n) is 9.95. The Kier molecular flexibility index (Phi) is 5.85. The summed E-state index contributed by atoms with van der Waals surface area (Å²) in [5.74, 6) is 0.820. The van der Waals surface area contributed by atoms with Crippen LogP contribution in [-0.4, -0.2) is 40.0 Å². The third-order valence-corrected chi connectivity index (χ3v) is 6.15. The minimum atomic E-state index is -0.848. The van der Waals surface area contributed by atoms with Gasteiger partial charge in [0.2, 0.25) is 0 Å². The average Bonchev–Trinajstić information content (AvgIpc) is 3.30. The van der Waals surface area contributed by atoms with E-state index in [2.05, 4.69) is 6.07 Å². The number of nitrogens with zero attached hydrogens (tertiary/aromatic N) is 1. The van der Waals surface area contributed by atoms with Gasteiger partial charge in [-0.05, 0) is 61.0 Å². The van der Waals surface area contributed by atoms with E-state index < -0.39 is 11.6 Å². The predicted molar refractivity (Wildman–Crippen MR) is 136 cm³/mol. The second kappa shape index (κ2) is 8.86. The highest BCUT2D eigenvalue weighted by atomic mass is 16.5. The number of aliphatic carboxylic acids is 1. The second-order valence-corrected chi connectivity index (χ2v) is 9.95. The van der Waals surface area contributed by atoms with Crippen molar-refractivity contribution in [1.82, 2.24) is 4.98 Å². The molecule has 4 aromatic rings. The van der Waals surface area contributed by atoms with E-state index in [4.69, 9.17) is 19.6 Å². The molecule has 0 atom stereocenters. The van der Waals surface area contributed by atoms with Crippen molar-refractivity contribution in [2.24, 2.45) is 0 Å². The highest BCUT2D eigenvalue weighted by Crippen LogP contribution is 2.47. The van der Waals surface area contributed by atoms with Crippen LogP contribution in [0.2, 0.25) is 0 Å². The average molecular weight is 472 g/mol. The first-order valence-electron chi connectivity index (χ1n) is 11.9. The first-order chi connectivity index (χ1) is 16.7. The summed E-state index contributed by atoms with van der Waals surface area (Å²) in [5, 5.41) is 21.3. The lowest BCUT2D eigenvalue weighted by Crippen LogP contribution is -2.10. The van der Waals surface area contributed by atoms with Crippen molar-refractivity contribution in [3.63, 3.8) is 0 Å². The van der Waals surface area contributed by atoms with Crippen molar-refractivity contribution in [2.45, 2.75) is 45.6 Å². The first-order valence-corrected chi connectivity index (χ1v) is 11.9. The van der Waals surface area contributed by atoms with Gasteiger partial charge in [0.25, 0.3) is 0 Å². The van der Waals surface area contributed by atoms with Crippen LogP contribution in [0.1, 0.15) is 37.5 Å². The Morgan fingerprint density at radius 3 is 2.46 bits per heavy atom. The number of fused-ring (bicyclic) bond motifs is 3. The monoisotopic (exact) mass is 471 g/mol. The van der Waals surface area contributed by atoms with Crippen LogP contribution >= 0.6 is 0 Å². The van der Waals surface area contributed by atoms with E-state index in [0.717, 1.165) is 61.8 Å². The Morgan fingerprint density at radius 1 is 1.00 bits per heavy atom. The van der Waals surface area contributed by atoms with E-state index in [1.807, 2.05) is 42.6 Å². The van der Waals surface area contributed by atoms with Crippen molar-refractivity contribution in [2.75, 3.05) is 13.2 Å². The van der Waals surface area contributed by atoms with Gasteiger partial charge in [-0.3, -0.25) is 9.78 Å². The molecular weight excluding hydrogens is 442 g/mol. The van der Waals surface area contributed by atoms with E-state index in [0.29, 0.717) is 19.6 Å². The summed E-state index contributed by atoms with van der Waals surface area (Å²) in [4.78, 5) is 16.6. The molecule has 0 unspecified atom stereocenters. The summed E-state index contributed by atoms with van der Waals surface area (Å²) >= 11 is 0. The van der Waals surface area contributed by atoms with Gasteiger partial charge in [-0.2, -0.15) is 0 Å². The summed E-state index contributed by atoms with van der Waals surface area (Å²) in [6, 6.07) is 14.1. The molecule has 2 aliphatic heterocycles. The molecule has 0 aliphatic carbocycles. The number of rotatable bonds is 3. The molecule has 6 nitrogen and oxygen atoms in total. The van der Waals surface area contributed by atoms with Crippen LogP contribution in [0.25, 0.3) is 32.8 Å². The topological polar surface area (TPSA) is 88.9 Å². The Labute approximate surface area is 204 Å². The Balaban J connectivity index is 0.000000464. The van der Waals surface area contributed by atoms with E-state index in [9.17, 15) is 9.90 Å². The van der Waals surface area contributed by atoms with Crippen LogP contribution < -0.4 is 9.47 Å². The maximum Gasteiger partial charge on any atom is 0.307 e. The number of pyridine rings is 1. The Bertz CT molecular complexity index is 1440. The van der Waals surface area contributed by atoms with Crippen LogP contribution in [0.15, 0.2) is 48.7 Å². The minimum absolute atomic E-state index is 0.0503. The number of carboxylic acid groups (broad SMARTS) is 1. The van der Waals surface area contributed by atoms with Crippen molar-refractivity contribution >= 4 is 27.6 Å². The molecule has 0 saturated carbocycles. The number of ether oxygens (including phenoxy) is 2. The van der Waals surface area contributed by atoms with Crippen molar-refractivity contribution in [3.05, 3.63) is 65.4 Å². The molecule has 180 valence electrons. The normalized spacial score (nSPS) is 14.1. The number of benzene rings is 3.